The molecule has 0 bridgehead atoms. The van der Waals surface area contributed by atoms with E-state index in [1.165, 1.54) is 11.1 Å². The second-order valence-electron chi connectivity index (χ2n) is 5.90. The zero-order chi connectivity index (χ0) is 14.8. The maximum Gasteiger partial charge on any atom is 0.230 e. The molecular formula is C16H23BrN2O. The fourth-order valence-electron chi connectivity index (χ4n) is 2.95. The molecule has 0 aromatic heterocycles. The number of nitrogens with zero attached hydrogens (tertiary/aromatic N) is 1. The molecule has 0 atom stereocenters. The molecule has 1 fully saturated rings. The van der Waals surface area contributed by atoms with Crippen LogP contribution in [0.5, 0.6) is 0 Å². The largest absolute Gasteiger partial charge is 0.341 e. The number of rotatable bonds is 5. The van der Waals surface area contributed by atoms with E-state index < -0.39 is 0 Å². The molecule has 1 aromatic rings. The van der Waals surface area contributed by atoms with Gasteiger partial charge in [-0.25, -0.2) is 0 Å². The van der Waals surface area contributed by atoms with Gasteiger partial charge in [-0.1, -0.05) is 28.4 Å². The topological polar surface area (TPSA) is 32.3 Å². The first-order valence-electron chi connectivity index (χ1n) is 7.14. The van der Waals surface area contributed by atoms with E-state index in [-0.39, 0.29) is 11.3 Å². The molecule has 0 radical (unpaired) electrons. The van der Waals surface area contributed by atoms with Gasteiger partial charge in [0.25, 0.3) is 0 Å². The molecule has 1 aromatic carbocycles. The molecule has 1 aliphatic carbocycles. The third-order valence-corrected chi connectivity index (χ3v) is 4.84. The molecule has 0 aliphatic heterocycles. The lowest BCUT2D eigenvalue weighted by atomic mass is 9.67. The maximum atomic E-state index is 12.7. The van der Waals surface area contributed by atoms with Gasteiger partial charge in [0.2, 0.25) is 5.91 Å². The highest BCUT2D eigenvalue weighted by atomic mass is 79.9. The van der Waals surface area contributed by atoms with E-state index in [0.717, 1.165) is 30.3 Å². The highest BCUT2D eigenvalue weighted by Gasteiger charge is 2.44. The smallest absolute Gasteiger partial charge is 0.230 e. The van der Waals surface area contributed by atoms with E-state index in [4.69, 9.17) is 0 Å². The Labute approximate surface area is 129 Å². The third kappa shape index (κ3) is 3.07. The molecule has 1 aliphatic rings. The summed E-state index contributed by atoms with van der Waals surface area (Å²) in [6, 6.07) is 6.23. The fraction of sp³-hybridized carbons (Fsp3) is 0.562. The Morgan fingerprint density at radius 3 is 2.70 bits per heavy atom. The van der Waals surface area contributed by atoms with Crippen LogP contribution >= 0.6 is 15.9 Å². The molecule has 4 heteroatoms. The van der Waals surface area contributed by atoms with Crippen molar-refractivity contribution >= 4 is 21.8 Å². The van der Waals surface area contributed by atoms with E-state index in [2.05, 4.69) is 40.3 Å². The van der Waals surface area contributed by atoms with Crippen molar-refractivity contribution in [2.24, 2.45) is 5.41 Å². The van der Waals surface area contributed by atoms with Crippen LogP contribution in [0.15, 0.2) is 22.7 Å². The van der Waals surface area contributed by atoms with Gasteiger partial charge < -0.3 is 10.2 Å². The average Bonchev–Trinajstić information content (AvgIpc) is 2.37. The minimum absolute atomic E-state index is 0.163. The zero-order valence-electron chi connectivity index (χ0n) is 12.5. The molecule has 1 amide bonds. The van der Waals surface area contributed by atoms with Crippen LogP contribution in [-0.2, 0) is 11.3 Å². The van der Waals surface area contributed by atoms with Gasteiger partial charge >= 0.3 is 0 Å². The van der Waals surface area contributed by atoms with Crippen LogP contribution in [0.3, 0.4) is 0 Å². The second-order valence-corrected chi connectivity index (χ2v) is 6.81. The summed E-state index contributed by atoms with van der Waals surface area (Å²) in [4.78, 5) is 14.6. The maximum absolute atomic E-state index is 12.7. The Hall–Kier alpha value is -0.870. The molecule has 0 unspecified atom stereocenters. The standard InChI is InChI=1S/C16H23BrN2O/c1-12-5-6-14(17)9-13(12)10-19(3)15(20)16(11-18-2)7-4-8-16/h5-6,9,18H,4,7-8,10-11H2,1-3H3. The van der Waals surface area contributed by atoms with Gasteiger partial charge in [0.15, 0.2) is 0 Å². The number of hydrogen-bond donors (Lipinski definition) is 1. The Bertz CT molecular complexity index is 497. The van der Waals surface area contributed by atoms with E-state index in [9.17, 15) is 4.79 Å². The Morgan fingerprint density at radius 1 is 1.45 bits per heavy atom. The van der Waals surface area contributed by atoms with Gasteiger partial charge in [0.1, 0.15) is 0 Å². The zero-order valence-corrected chi connectivity index (χ0v) is 14.1. The molecule has 1 saturated carbocycles. The first-order chi connectivity index (χ1) is 9.48. The molecule has 110 valence electrons. The van der Waals surface area contributed by atoms with Crippen molar-refractivity contribution in [2.75, 3.05) is 20.6 Å². The van der Waals surface area contributed by atoms with Crippen molar-refractivity contribution in [1.82, 2.24) is 10.2 Å². The van der Waals surface area contributed by atoms with Crippen molar-refractivity contribution in [3.63, 3.8) is 0 Å². The summed E-state index contributed by atoms with van der Waals surface area (Å²) in [5.41, 5.74) is 2.27. The molecule has 0 heterocycles. The predicted molar refractivity (Wildman–Crippen MR) is 85.6 cm³/mol. The highest BCUT2D eigenvalue weighted by Crippen LogP contribution is 2.42. The van der Waals surface area contributed by atoms with E-state index in [1.54, 1.807) is 0 Å². The van der Waals surface area contributed by atoms with Gasteiger partial charge in [0, 0.05) is 24.6 Å². The van der Waals surface area contributed by atoms with Gasteiger partial charge in [0.05, 0.1) is 5.41 Å². The minimum atomic E-state index is -0.163. The quantitative estimate of drug-likeness (QED) is 0.894. The van der Waals surface area contributed by atoms with Crippen LogP contribution in [0, 0.1) is 12.3 Å². The summed E-state index contributed by atoms with van der Waals surface area (Å²) in [5.74, 6) is 0.275. The molecule has 3 nitrogen and oxygen atoms in total. The molecular weight excluding hydrogens is 316 g/mol. The Balaban J connectivity index is 2.09. The number of halogens is 1. The van der Waals surface area contributed by atoms with Gasteiger partial charge in [-0.2, -0.15) is 0 Å². The van der Waals surface area contributed by atoms with Crippen molar-refractivity contribution < 1.29 is 4.79 Å². The fourth-order valence-corrected chi connectivity index (χ4v) is 3.36. The number of hydrogen-bond acceptors (Lipinski definition) is 2. The number of aryl methyl sites for hydroxylation is 1. The lowest BCUT2D eigenvalue weighted by molar-refractivity contribution is -0.146. The monoisotopic (exact) mass is 338 g/mol. The first kappa shape index (κ1) is 15.5. The van der Waals surface area contributed by atoms with Gasteiger partial charge in [-0.15, -0.1) is 0 Å². The minimum Gasteiger partial charge on any atom is -0.341 e. The molecule has 0 spiro atoms. The Morgan fingerprint density at radius 2 is 2.15 bits per heavy atom. The second kappa shape index (κ2) is 6.27. The van der Waals surface area contributed by atoms with E-state index in [1.807, 2.05) is 25.1 Å². The van der Waals surface area contributed by atoms with Crippen molar-refractivity contribution in [2.45, 2.75) is 32.7 Å². The Kier molecular flexibility index (Phi) is 4.86. The lowest BCUT2D eigenvalue weighted by Crippen LogP contribution is -2.51. The summed E-state index contributed by atoms with van der Waals surface area (Å²) in [6.07, 6.45) is 3.18. The molecule has 0 saturated heterocycles. The van der Waals surface area contributed by atoms with Crippen LogP contribution in [-0.4, -0.2) is 31.4 Å². The normalized spacial score (nSPS) is 16.6. The highest BCUT2D eigenvalue weighted by molar-refractivity contribution is 9.10. The number of nitrogens with one attached hydrogen (secondary N) is 1. The molecule has 20 heavy (non-hydrogen) atoms. The number of benzene rings is 1. The molecule has 2 rings (SSSR count). The first-order valence-corrected chi connectivity index (χ1v) is 7.93. The SMILES string of the molecule is CNCC1(C(=O)N(C)Cc2cc(Br)ccc2C)CCC1. The average molecular weight is 339 g/mol. The summed E-state index contributed by atoms with van der Waals surface area (Å²) in [7, 11) is 3.84. The lowest BCUT2D eigenvalue weighted by Gasteiger charge is -2.42. The van der Waals surface area contributed by atoms with Gasteiger partial charge in [-0.3, -0.25) is 4.79 Å². The van der Waals surface area contributed by atoms with Crippen LogP contribution in [0.4, 0.5) is 0 Å². The number of carbonyl (C=O) groups excluding carboxylic acids is 1. The van der Waals surface area contributed by atoms with Gasteiger partial charge in [-0.05, 0) is 50.1 Å². The summed E-state index contributed by atoms with van der Waals surface area (Å²) >= 11 is 3.50. The molecule has 1 N–H and O–H groups in total. The van der Waals surface area contributed by atoms with Crippen LogP contribution in [0.1, 0.15) is 30.4 Å². The third-order valence-electron chi connectivity index (χ3n) is 4.34. The van der Waals surface area contributed by atoms with Crippen molar-refractivity contribution in [3.05, 3.63) is 33.8 Å². The van der Waals surface area contributed by atoms with Crippen LogP contribution in [0.25, 0.3) is 0 Å². The summed E-state index contributed by atoms with van der Waals surface area (Å²) in [5, 5.41) is 3.18. The number of carbonyl (C=O) groups is 1. The predicted octanol–water partition coefficient (Wildman–Crippen LogP) is 3.11. The summed E-state index contributed by atoms with van der Waals surface area (Å²) < 4.78 is 1.06. The van der Waals surface area contributed by atoms with Crippen LogP contribution < -0.4 is 5.32 Å². The summed E-state index contributed by atoms with van der Waals surface area (Å²) in [6.45, 7) is 3.55. The van der Waals surface area contributed by atoms with E-state index >= 15 is 0 Å². The van der Waals surface area contributed by atoms with Crippen molar-refractivity contribution in [1.29, 1.82) is 0 Å². The van der Waals surface area contributed by atoms with Crippen LogP contribution in [0.2, 0.25) is 0 Å². The number of amides is 1. The van der Waals surface area contributed by atoms with E-state index in [0.29, 0.717) is 6.54 Å². The van der Waals surface area contributed by atoms with Crippen molar-refractivity contribution in [3.8, 4) is 0 Å².